The normalized spacial score (nSPS) is 24.3. The predicted octanol–water partition coefficient (Wildman–Crippen LogP) is 1.14. The van der Waals surface area contributed by atoms with Gasteiger partial charge in [0, 0.05) is 38.1 Å². The van der Waals surface area contributed by atoms with Gasteiger partial charge in [-0.05, 0) is 20.8 Å². The molecule has 4 nitrogen and oxygen atoms in total. The van der Waals surface area contributed by atoms with Crippen LogP contribution >= 0.6 is 0 Å². The molecule has 2 unspecified atom stereocenters. The van der Waals surface area contributed by atoms with Gasteiger partial charge < -0.3 is 5.32 Å². The van der Waals surface area contributed by atoms with Crippen molar-refractivity contribution < 1.29 is 0 Å². The summed E-state index contributed by atoms with van der Waals surface area (Å²) in [6.45, 7) is 9.70. The molecule has 1 aromatic heterocycles. The van der Waals surface area contributed by atoms with E-state index < -0.39 is 0 Å². The summed E-state index contributed by atoms with van der Waals surface area (Å²) in [4.78, 5) is 11.2. The first kappa shape index (κ1) is 11.5. The van der Waals surface area contributed by atoms with Crippen LogP contribution in [0, 0.1) is 6.92 Å². The zero-order chi connectivity index (χ0) is 11.5. The summed E-state index contributed by atoms with van der Waals surface area (Å²) in [5.74, 6) is 0. The second kappa shape index (κ2) is 4.89. The average molecular weight is 220 g/mol. The molecule has 1 aromatic rings. The van der Waals surface area contributed by atoms with E-state index in [0.717, 1.165) is 31.0 Å². The fourth-order valence-electron chi connectivity index (χ4n) is 2.32. The lowest BCUT2D eigenvalue weighted by molar-refractivity contribution is 0.155. The molecule has 0 spiro atoms. The molecule has 1 aliphatic rings. The molecule has 2 atom stereocenters. The Morgan fingerprint density at radius 3 is 2.88 bits per heavy atom. The highest BCUT2D eigenvalue weighted by atomic mass is 15.2. The molecule has 16 heavy (non-hydrogen) atoms. The molecular formula is C12H20N4. The van der Waals surface area contributed by atoms with Gasteiger partial charge in [-0.15, -0.1) is 0 Å². The van der Waals surface area contributed by atoms with Gasteiger partial charge in [-0.2, -0.15) is 0 Å². The topological polar surface area (TPSA) is 41.1 Å². The van der Waals surface area contributed by atoms with Crippen LogP contribution in [0.25, 0.3) is 0 Å². The van der Waals surface area contributed by atoms with Gasteiger partial charge in [-0.3, -0.25) is 14.9 Å². The number of aromatic nitrogens is 2. The molecule has 0 bridgehead atoms. The van der Waals surface area contributed by atoms with Crippen LogP contribution in [0.4, 0.5) is 0 Å². The van der Waals surface area contributed by atoms with E-state index in [1.54, 1.807) is 12.4 Å². The first-order valence-corrected chi connectivity index (χ1v) is 5.93. The molecule has 4 heteroatoms. The standard InChI is InChI=1S/C12H20N4/c1-9-8-16(7-6-13-9)11(3)12-10(2)14-4-5-15-12/h4-5,9,11,13H,6-8H2,1-3H3. The van der Waals surface area contributed by atoms with E-state index in [1.807, 2.05) is 6.92 Å². The highest BCUT2D eigenvalue weighted by Crippen LogP contribution is 2.20. The van der Waals surface area contributed by atoms with Gasteiger partial charge in [-0.25, -0.2) is 0 Å². The smallest absolute Gasteiger partial charge is 0.0784 e. The van der Waals surface area contributed by atoms with Gasteiger partial charge in [0.25, 0.3) is 0 Å². The molecule has 1 saturated heterocycles. The van der Waals surface area contributed by atoms with Gasteiger partial charge in [-0.1, -0.05) is 0 Å². The van der Waals surface area contributed by atoms with Crippen molar-refractivity contribution in [3.05, 3.63) is 23.8 Å². The molecule has 2 rings (SSSR count). The van der Waals surface area contributed by atoms with E-state index in [9.17, 15) is 0 Å². The lowest BCUT2D eigenvalue weighted by Gasteiger charge is -2.36. The third-order valence-corrected chi connectivity index (χ3v) is 3.26. The minimum absolute atomic E-state index is 0.359. The van der Waals surface area contributed by atoms with Crippen LogP contribution in [0.1, 0.15) is 31.3 Å². The van der Waals surface area contributed by atoms with E-state index in [4.69, 9.17) is 0 Å². The van der Waals surface area contributed by atoms with Crippen molar-refractivity contribution in [1.82, 2.24) is 20.2 Å². The van der Waals surface area contributed by atoms with Crippen LogP contribution in [0.2, 0.25) is 0 Å². The molecule has 88 valence electrons. The summed E-state index contributed by atoms with van der Waals surface area (Å²) in [5.41, 5.74) is 2.15. The van der Waals surface area contributed by atoms with Crippen LogP contribution in [-0.2, 0) is 0 Å². The number of hydrogen-bond donors (Lipinski definition) is 1. The first-order chi connectivity index (χ1) is 7.68. The van der Waals surface area contributed by atoms with Crippen molar-refractivity contribution in [3.8, 4) is 0 Å². The number of aryl methyl sites for hydroxylation is 1. The fourth-order valence-corrected chi connectivity index (χ4v) is 2.32. The van der Waals surface area contributed by atoms with Crippen LogP contribution in [-0.4, -0.2) is 40.5 Å². The average Bonchev–Trinajstić information content (AvgIpc) is 2.29. The largest absolute Gasteiger partial charge is 0.312 e. The summed E-state index contributed by atoms with van der Waals surface area (Å²) in [6.07, 6.45) is 3.54. The lowest BCUT2D eigenvalue weighted by atomic mass is 10.1. The van der Waals surface area contributed by atoms with Gasteiger partial charge in [0.1, 0.15) is 0 Å². The Morgan fingerprint density at radius 1 is 1.44 bits per heavy atom. The minimum atomic E-state index is 0.359. The van der Waals surface area contributed by atoms with Gasteiger partial charge in [0.2, 0.25) is 0 Å². The summed E-state index contributed by atoms with van der Waals surface area (Å²) in [5, 5.41) is 3.46. The van der Waals surface area contributed by atoms with Crippen molar-refractivity contribution in [3.63, 3.8) is 0 Å². The van der Waals surface area contributed by atoms with Gasteiger partial charge >= 0.3 is 0 Å². The van der Waals surface area contributed by atoms with Crippen LogP contribution in [0.3, 0.4) is 0 Å². The van der Waals surface area contributed by atoms with Crippen LogP contribution in [0.5, 0.6) is 0 Å². The number of nitrogens with one attached hydrogen (secondary N) is 1. The summed E-state index contributed by atoms with van der Waals surface area (Å²) < 4.78 is 0. The van der Waals surface area contributed by atoms with Gasteiger partial charge in [0.15, 0.2) is 0 Å². The van der Waals surface area contributed by atoms with Crippen molar-refractivity contribution in [2.75, 3.05) is 19.6 Å². The highest BCUT2D eigenvalue weighted by molar-refractivity contribution is 5.13. The van der Waals surface area contributed by atoms with Gasteiger partial charge in [0.05, 0.1) is 17.4 Å². The van der Waals surface area contributed by atoms with Crippen molar-refractivity contribution in [1.29, 1.82) is 0 Å². The molecule has 2 heterocycles. The summed E-state index contributed by atoms with van der Waals surface area (Å²) in [6, 6.07) is 0.923. The van der Waals surface area contributed by atoms with E-state index in [0.29, 0.717) is 12.1 Å². The highest BCUT2D eigenvalue weighted by Gasteiger charge is 2.23. The second-order valence-electron chi connectivity index (χ2n) is 4.55. The molecule has 1 N–H and O–H groups in total. The number of rotatable bonds is 2. The number of hydrogen-bond acceptors (Lipinski definition) is 4. The van der Waals surface area contributed by atoms with E-state index in [2.05, 4.69) is 34.0 Å². The summed E-state index contributed by atoms with van der Waals surface area (Å²) in [7, 11) is 0. The molecule has 0 saturated carbocycles. The third-order valence-electron chi connectivity index (χ3n) is 3.26. The first-order valence-electron chi connectivity index (χ1n) is 5.93. The Bertz CT molecular complexity index is 353. The molecule has 0 aliphatic carbocycles. The van der Waals surface area contributed by atoms with Crippen molar-refractivity contribution in [2.24, 2.45) is 0 Å². The molecule has 0 amide bonds. The number of nitrogens with zero attached hydrogens (tertiary/aromatic N) is 3. The van der Waals surface area contributed by atoms with Crippen LogP contribution < -0.4 is 5.32 Å². The quantitative estimate of drug-likeness (QED) is 0.811. The van der Waals surface area contributed by atoms with E-state index in [-0.39, 0.29) is 0 Å². The Kier molecular flexibility index (Phi) is 3.51. The molecular weight excluding hydrogens is 200 g/mol. The lowest BCUT2D eigenvalue weighted by Crippen LogP contribution is -2.50. The monoisotopic (exact) mass is 220 g/mol. The molecule has 1 fully saturated rings. The van der Waals surface area contributed by atoms with Crippen molar-refractivity contribution in [2.45, 2.75) is 32.9 Å². The Labute approximate surface area is 97.1 Å². The molecule has 1 aliphatic heterocycles. The maximum Gasteiger partial charge on any atom is 0.0784 e. The number of piperazine rings is 1. The Balaban J connectivity index is 2.12. The maximum atomic E-state index is 4.45. The SMILES string of the molecule is Cc1nccnc1C(C)N1CCNC(C)C1. The van der Waals surface area contributed by atoms with E-state index >= 15 is 0 Å². The van der Waals surface area contributed by atoms with E-state index in [1.165, 1.54) is 0 Å². The molecule has 0 radical (unpaired) electrons. The zero-order valence-corrected chi connectivity index (χ0v) is 10.3. The zero-order valence-electron chi connectivity index (χ0n) is 10.3. The minimum Gasteiger partial charge on any atom is -0.312 e. The van der Waals surface area contributed by atoms with Crippen molar-refractivity contribution >= 4 is 0 Å². The molecule has 0 aromatic carbocycles. The Hall–Kier alpha value is -1.00. The third kappa shape index (κ3) is 2.39. The predicted molar refractivity (Wildman–Crippen MR) is 64.2 cm³/mol. The second-order valence-corrected chi connectivity index (χ2v) is 4.55. The maximum absolute atomic E-state index is 4.45. The van der Waals surface area contributed by atoms with Crippen LogP contribution in [0.15, 0.2) is 12.4 Å². The Morgan fingerprint density at radius 2 is 2.19 bits per heavy atom. The fraction of sp³-hybridized carbons (Fsp3) is 0.667. The summed E-state index contributed by atoms with van der Waals surface area (Å²) >= 11 is 0.